The van der Waals surface area contributed by atoms with E-state index in [1.54, 1.807) is 14.1 Å². The number of likely N-dealkylation sites (N-methyl/N-ethyl adjacent to an activating group) is 4. The fraction of sp³-hybridized carbons (Fsp3) is 0.891. The van der Waals surface area contributed by atoms with Crippen LogP contribution in [0.1, 0.15) is 267 Å². The number of carbonyl (C=O) groups is 11. The molecule has 0 aliphatic rings. The van der Waals surface area contributed by atoms with Crippen LogP contribution >= 0.6 is 0 Å². The van der Waals surface area contributed by atoms with Crippen molar-refractivity contribution in [2.45, 2.75) is 267 Å². The quantitative estimate of drug-likeness (QED) is 0.0236. The van der Waals surface area contributed by atoms with E-state index in [1.165, 1.54) is 0 Å². The molecule has 0 spiro atoms. The zero-order valence-corrected chi connectivity index (χ0v) is 97.3. The minimum absolute atomic E-state index is 0.0921. The molecular weight excluding hydrogens is 1890 g/mol. The lowest BCUT2D eigenvalue weighted by Gasteiger charge is -2.31. The smallest absolute Gasteiger partial charge is 0.311 e. The Morgan fingerprint density at radius 1 is 0.298 bits per heavy atom. The lowest BCUT2D eigenvalue weighted by molar-refractivity contribution is -0.890. The summed E-state index contributed by atoms with van der Waals surface area (Å²) in [5.41, 5.74) is -1.56. The second-order valence-electron chi connectivity index (χ2n) is 47.4. The Hall–Kier alpha value is -6.34. The Labute approximate surface area is 852 Å². The molecule has 0 fully saturated rings. The second kappa shape index (κ2) is 69.0. The van der Waals surface area contributed by atoms with Crippen LogP contribution < -0.4 is 5.11 Å². The topological polar surface area (TPSA) is 481 Å². The van der Waals surface area contributed by atoms with Crippen LogP contribution in [-0.4, -0.2) is 364 Å². The summed E-state index contributed by atoms with van der Waals surface area (Å²) >= 11 is 0. The van der Waals surface area contributed by atoms with E-state index >= 15 is 0 Å². The van der Waals surface area contributed by atoms with E-state index in [9.17, 15) is 96.8 Å². The summed E-state index contributed by atoms with van der Waals surface area (Å²) in [6, 6.07) is 0. The standard InChI is InChI=1S/C25H47NO6.C22H41NO6.2C14H29NO5S.C13H27NO5S.C13H25NO4/c1-17(2)19(5)22(27)30-14-11-26(12-15-31-23(28)20(6)18(3)4)13-16-32-24(29)21(7)25(8,9)10;1-17(2)14-19(24)27-11-8-23(9-12-28-20(25)15-18(3)4)10-13-29-21(26)16-22(5,6)7;1-12(14(2,3)4)13(16)20-10-9-15(5,6)8-7-11-21(17,18)19;1-12(2)14(3,4)13(16)20-10-9-15(5,6)8-7-11-21(17,18)19;1-13(2,3)11-12(15)19-9-8-14(4,5)7-6-10-20(16,17)18;1-10(2)13(3,4)12(17)18-8-7-14(5,6)9-11(15)16/h17-21H,11-16H2,1-10H3;17-18H,8-16H2,1-7H3;2*12H,7-11H2,1-6H3;6-11H2,1-5H3;10H,7-9H2,1-6H3. The number of quaternary nitrogens is 4. The number of hydrogen-bond acceptors (Lipinski definition) is 33. The number of hydrogen-bond donors (Lipinski definition) is 0. The van der Waals surface area contributed by atoms with E-state index in [0.29, 0.717) is 150 Å². The van der Waals surface area contributed by atoms with Gasteiger partial charge >= 0.3 is 59.7 Å². The summed E-state index contributed by atoms with van der Waals surface area (Å²) in [6.07, 6.45) is 2.43. The van der Waals surface area contributed by atoms with Crippen LogP contribution in [0.4, 0.5) is 0 Å². The maximum Gasteiger partial charge on any atom is 0.311 e. The lowest BCUT2D eigenvalue weighted by Crippen LogP contribution is -2.50. The number of carbonyl (C=O) groups excluding carboxylic acids is 11. The number of esters is 10. The van der Waals surface area contributed by atoms with Crippen LogP contribution in [0.25, 0.3) is 0 Å². The van der Waals surface area contributed by atoms with Gasteiger partial charge in [-0.1, -0.05) is 194 Å². The summed E-state index contributed by atoms with van der Waals surface area (Å²) in [7, 11) is 2.55. The number of carboxylic acid groups (broad SMARTS) is 1. The molecule has 0 saturated heterocycles. The van der Waals surface area contributed by atoms with Crippen LogP contribution in [0.15, 0.2) is 0 Å². The molecule has 4 atom stereocenters. The molecule has 0 aliphatic carbocycles. The molecular formula is C101H198N6O31S3. The normalized spacial score (nSPS) is 13.5. The molecule has 37 nitrogen and oxygen atoms in total. The fourth-order valence-electron chi connectivity index (χ4n) is 11.1. The van der Waals surface area contributed by atoms with E-state index in [2.05, 4.69) is 0 Å². The fourth-order valence-corrected chi connectivity index (χ4v) is 12.5. The third kappa shape index (κ3) is 85.5. The van der Waals surface area contributed by atoms with Crippen molar-refractivity contribution in [2.75, 3.05) is 231 Å². The second-order valence-corrected chi connectivity index (χ2v) is 51.9. The van der Waals surface area contributed by atoms with E-state index in [-0.39, 0.29) is 228 Å². The predicted molar refractivity (Wildman–Crippen MR) is 542 cm³/mol. The monoisotopic (exact) mass is 2090 g/mol. The van der Waals surface area contributed by atoms with E-state index in [0.717, 1.165) is 0 Å². The van der Waals surface area contributed by atoms with Gasteiger partial charge in [-0.15, -0.1) is 0 Å². The van der Waals surface area contributed by atoms with E-state index < -0.39 is 47.2 Å². The molecule has 0 aliphatic heterocycles. The van der Waals surface area contributed by atoms with Gasteiger partial charge in [-0.2, -0.15) is 0 Å². The van der Waals surface area contributed by atoms with Crippen molar-refractivity contribution in [1.82, 2.24) is 9.80 Å². The molecule has 0 N–H and O–H groups in total. The van der Waals surface area contributed by atoms with Crippen molar-refractivity contribution >= 4 is 96.0 Å². The molecule has 0 saturated carbocycles. The highest BCUT2D eigenvalue weighted by atomic mass is 32.2. The van der Waals surface area contributed by atoms with Crippen LogP contribution in [0.5, 0.6) is 0 Å². The highest BCUT2D eigenvalue weighted by Gasteiger charge is 2.37. The van der Waals surface area contributed by atoms with Gasteiger partial charge in [0.1, 0.15) is 98.8 Å². The van der Waals surface area contributed by atoms with Crippen molar-refractivity contribution in [1.29, 1.82) is 0 Å². The Morgan fingerprint density at radius 2 is 0.518 bits per heavy atom. The van der Waals surface area contributed by atoms with Gasteiger partial charge in [-0.3, -0.25) is 57.7 Å². The van der Waals surface area contributed by atoms with Crippen LogP contribution in [0.2, 0.25) is 0 Å². The molecule has 836 valence electrons. The summed E-state index contributed by atoms with van der Waals surface area (Å²) in [6.45, 7) is 71.5. The Morgan fingerprint density at radius 3 is 0.745 bits per heavy atom. The summed E-state index contributed by atoms with van der Waals surface area (Å²) in [5, 5.41) is 10.5. The van der Waals surface area contributed by atoms with Gasteiger partial charge in [0, 0.05) is 88.6 Å². The van der Waals surface area contributed by atoms with Crippen molar-refractivity contribution in [3.63, 3.8) is 0 Å². The number of aliphatic carboxylic acids is 1. The third-order valence-electron chi connectivity index (χ3n) is 24.2. The number of rotatable bonds is 60. The van der Waals surface area contributed by atoms with Crippen molar-refractivity contribution < 1.29 is 162 Å². The SMILES string of the molecule is CC(C(=O)OCC[N+](C)(C)CCCS(=O)(=O)[O-])C(C)(C)C.CC(C)(C)CC(=O)OCC[N+](C)(C)CCCS(=O)(=O)[O-].CC(C)C(C)(C)C(=O)OCC[N+](C)(C)CC(=O)[O-].CC(C)C(C)(C)C(=O)OCC[N+](C)(C)CCCS(=O)(=O)[O-].CC(C)C(C)C(=O)OCCN(CCOC(=O)C(C)C(C)C)CCOC(=O)C(C)C(C)(C)C.CC(C)CC(=O)OCCN(CCOC(=O)CC(C)C)CCOC(=O)CC(C)(C)C. The highest BCUT2D eigenvalue weighted by molar-refractivity contribution is 7.86. The molecule has 4 unspecified atom stereocenters. The molecule has 40 heteroatoms. The van der Waals surface area contributed by atoms with Crippen molar-refractivity contribution in [3.8, 4) is 0 Å². The average molecular weight is 2090 g/mol. The molecule has 0 radical (unpaired) electrons. The molecule has 141 heavy (non-hydrogen) atoms. The number of ether oxygens (including phenoxy) is 10. The molecule has 0 amide bonds. The molecule has 0 aromatic rings. The summed E-state index contributed by atoms with van der Waals surface area (Å²) in [5.74, 6) is -3.83. The molecule has 0 aromatic heterocycles. The maximum absolute atomic E-state index is 12.3. The Balaban J connectivity index is -0.000000393. The predicted octanol–water partition coefficient (Wildman–Crippen LogP) is 11.1. The molecule has 0 aromatic carbocycles. The Bertz CT molecular complexity index is 3910. The van der Waals surface area contributed by atoms with Gasteiger partial charge in [-0.05, 0) is 84.9 Å². The van der Waals surface area contributed by atoms with Crippen molar-refractivity contribution in [3.05, 3.63) is 0 Å². The minimum Gasteiger partial charge on any atom is -0.748 e. The third-order valence-corrected chi connectivity index (χ3v) is 26.6. The average Bonchev–Trinajstić information content (AvgIpc) is 0.798. The van der Waals surface area contributed by atoms with Gasteiger partial charge in [-0.25, -0.2) is 25.3 Å². The first-order valence-corrected chi connectivity index (χ1v) is 54.5. The zero-order valence-electron chi connectivity index (χ0n) is 94.9. The minimum atomic E-state index is -4.15. The Kier molecular flexibility index (Phi) is 71.1. The molecule has 0 bridgehead atoms. The first-order chi connectivity index (χ1) is 63.4. The number of nitrogens with zero attached hydrogens (tertiary/aromatic N) is 6. The number of carboxylic acids is 1. The van der Waals surface area contributed by atoms with Crippen molar-refractivity contribution in [2.24, 2.45) is 91.7 Å². The molecule has 0 rings (SSSR count). The van der Waals surface area contributed by atoms with E-state index in [4.69, 9.17) is 47.4 Å². The molecule has 0 heterocycles. The van der Waals surface area contributed by atoms with Crippen LogP contribution in [0.3, 0.4) is 0 Å². The van der Waals surface area contributed by atoms with Gasteiger partial charge in [0.2, 0.25) is 0 Å². The summed E-state index contributed by atoms with van der Waals surface area (Å²) < 4.78 is 150. The summed E-state index contributed by atoms with van der Waals surface area (Å²) in [4.78, 5) is 133. The van der Waals surface area contributed by atoms with Gasteiger partial charge in [0.25, 0.3) is 0 Å². The highest BCUT2D eigenvalue weighted by Crippen LogP contribution is 2.31. The first-order valence-electron chi connectivity index (χ1n) is 49.8. The van der Waals surface area contributed by atoms with Crippen LogP contribution in [-0.2, 0) is 130 Å². The van der Waals surface area contributed by atoms with E-state index in [1.807, 2.05) is 274 Å². The maximum atomic E-state index is 12.3. The van der Waals surface area contributed by atoms with Gasteiger partial charge in [0.15, 0.2) is 0 Å². The lowest BCUT2D eigenvalue weighted by atomic mass is 9.81. The van der Waals surface area contributed by atoms with Gasteiger partial charge < -0.3 is 88.9 Å². The largest absolute Gasteiger partial charge is 0.748 e. The van der Waals surface area contributed by atoms with Crippen LogP contribution in [0, 0.1) is 91.7 Å². The van der Waals surface area contributed by atoms with Gasteiger partial charge in [0.05, 0.1) is 160 Å². The first kappa shape index (κ1) is 145. The zero-order chi connectivity index (χ0) is 112.